The minimum Gasteiger partial charge on any atom is -0.396 e. The molecule has 1 nitrogen and oxygen atoms in total. The minimum absolute atomic E-state index is 0.197. The standard InChI is InChI=1S/C11H23FO/c1-2-3-4-5-8-11(12)9-6-7-10-13/h11,13H,2-10H2,1H3/t11-/m0/s1. The van der Waals surface area contributed by atoms with Crippen LogP contribution in [0.4, 0.5) is 4.39 Å². The number of hydrogen-bond acceptors (Lipinski definition) is 1. The van der Waals surface area contributed by atoms with Crippen LogP contribution in [0.5, 0.6) is 0 Å². The molecule has 0 fully saturated rings. The first-order chi connectivity index (χ1) is 6.31. The molecule has 13 heavy (non-hydrogen) atoms. The zero-order chi connectivity index (χ0) is 9.94. The third kappa shape index (κ3) is 9.81. The van der Waals surface area contributed by atoms with Crippen LogP contribution in [0.2, 0.25) is 0 Å². The molecule has 0 saturated carbocycles. The zero-order valence-corrected chi connectivity index (χ0v) is 8.77. The maximum atomic E-state index is 13.1. The molecule has 0 aromatic heterocycles. The predicted molar refractivity (Wildman–Crippen MR) is 54.6 cm³/mol. The van der Waals surface area contributed by atoms with Crippen molar-refractivity contribution in [3.05, 3.63) is 0 Å². The summed E-state index contributed by atoms with van der Waals surface area (Å²) in [4.78, 5) is 0. The van der Waals surface area contributed by atoms with Crippen LogP contribution in [0.3, 0.4) is 0 Å². The van der Waals surface area contributed by atoms with Crippen LogP contribution in [-0.2, 0) is 0 Å². The third-order valence-corrected chi connectivity index (χ3v) is 2.30. The van der Waals surface area contributed by atoms with Crippen molar-refractivity contribution in [1.82, 2.24) is 0 Å². The molecule has 1 N–H and O–H groups in total. The average Bonchev–Trinajstić information content (AvgIpc) is 2.13. The van der Waals surface area contributed by atoms with E-state index in [2.05, 4.69) is 6.92 Å². The molecule has 0 unspecified atom stereocenters. The van der Waals surface area contributed by atoms with Gasteiger partial charge in [-0.15, -0.1) is 0 Å². The lowest BCUT2D eigenvalue weighted by Crippen LogP contribution is -2.00. The SMILES string of the molecule is CCCCCC[C@H](F)CCCCO. The highest BCUT2D eigenvalue weighted by molar-refractivity contribution is 4.56. The molecule has 2 heteroatoms. The second-order valence-electron chi connectivity index (χ2n) is 3.67. The molecule has 0 rings (SSSR count). The first kappa shape index (κ1) is 12.9. The molecule has 0 aromatic rings. The number of hydrogen-bond donors (Lipinski definition) is 1. The average molecular weight is 190 g/mol. The van der Waals surface area contributed by atoms with Crippen molar-refractivity contribution in [1.29, 1.82) is 0 Å². The number of halogens is 1. The van der Waals surface area contributed by atoms with Gasteiger partial charge in [-0.1, -0.05) is 32.6 Å². The first-order valence-corrected chi connectivity index (χ1v) is 5.56. The Morgan fingerprint density at radius 1 is 1.00 bits per heavy atom. The largest absolute Gasteiger partial charge is 0.396 e. The summed E-state index contributed by atoms with van der Waals surface area (Å²) in [6.45, 7) is 2.36. The van der Waals surface area contributed by atoms with Gasteiger partial charge in [0, 0.05) is 6.61 Å². The van der Waals surface area contributed by atoms with Crippen molar-refractivity contribution in [2.24, 2.45) is 0 Å². The van der Waals surface area contributed by atoms with Crippen LogP contribution in [0.25, 0.3) is 0 Å². The highest BCUT2D eigenvalue weighted by Crippen LogP contribution is 2.13. The van der Waals surface area contributed by atoms with E-state index in [0.29, 0.717) is 12.8 Å². The zero-order valence-electron chi connectivity index (χ0n) is 8.77. The molecule has 0 aliphatic carbocycles. The number of aliphatic hydroxyl groups excluding tert-OH is 1. The molecule has 0 heterocycles. The Labute approximate surface area is 81.3 Å². The lowest BCUT2D eigenvalue weighted by molar-refractivity contribution is 0.251. The van der Waals surface area contributed by atoms with E-state index in [1.54, 1.807) is 0 Å². The van der Waals surface area contributed by atoms with Crippen LogP contribution in [-0.4, -0.2) is 17.9 Å². The summed E-state index contributed by atoms with van der Waals surface area (Å²) in [5.41, 5.74) is 0. The number of aliphatic hydroxyl groups is 1. The van der Waals surface area contributed by atoms with Crippen LogP contribution in [0, 0.1) is 0 Å². The van der Waals surface area contributed by atoms with Crippen molar-refractivity contribution in [2.75, 3.05) is 6.61 Å². The Kier molecular flexibility index (Phi) is 9.89. The first-order valence-electron chi connectivity index (χ1n) is 5.56. The summed E-state index contributed by atoms with van der Waals surface area (Å²) in [6.07, 6.45) is 6.90. The quantitative estimate of drug-likeness (QED) is 0.552. The third-order valence-electron chi connectivity index (χ3n) is 2.30. The van der Waals surface area contributed by atoms with Gasteiger partial charge in [0.05, 0.1) is 0 Å². The lowest BCUT2D eigenvalue weighted by atomic mass is 10.1. The van der Waals surface area contributed by atoms with Gasteiger partial charge >= 0.3 is 0 Å². The van der Waals surface area contributed by atoms with Crippen LogP contribution in [0.15, 0.2) is 0 Å². The summed E-state index contributed by atoms with van der Waals surface area (Å²) in [7, 11) is 0. The Morgan fingerprint density at radius 3 is 2.15 bits per heavy atom. The van der Waals surface area contributed by atoms with Crippen molar-refractivity contribution < 1.29 is 9.50 Å². The summed E-state index contributed by atoms with van der Waals surface area (Å²) in [5.74, 6) is 0. The van der Waals surface area contributed by atoms with E-state index >= 15 is 0 Å². The van der Waals surface area contributed by atoms with E-state index < -0.39 is 6.17 Å². The Hall–Kier alpha value is -0.110. The topological polar surface area (TPSA) is 20.2 Å². The van der Waals surface area contributed by atoms with Gasteiger partial charge < -0.3 is 5.11 Å². The monoisotopic (exact) mass is 190 g/mol. The van der Waals surface area contributed by atoms with Crippen molar-refractivity contribution in [3.8, 4) is 0 Å². The van der Waals surface area contributed by atoms with Gasteiger partial charge in [-0.3, -0.25) is 0 Å². The van der Waals surface area contributed by atoms with Gasteiger partial charge in [0.25, 0.3) is 0 Å². The molecule has 80 valence electrons. The fourth-order valence-electron chi connectivity index (χ4n) is 1.41. The molecular weight excluding hydrogens is 167 g/mol. The molecule has 1 atom stereocenters. The second kappa shape index (κ2) is 9.97. The molecule has 0 aliphatic heterocycles. The molecule has 0 aromatic carbocycles. The maximum Gasteiger partial charge on any atom is 0.100 e. The summed E-state index contributed by atoms with van der Waals surface area (Å²) in [5, 5.41) is 8.50. The minimum atomic E-state index is -0.636. The molecule has 0 saturated heterocycles. The van der Waals surface area contributed by atoms with Gasteiger partial charge in [-0.05, 0) is 25.7 Å². The normalized spacial score (nSPS) is 13.2. The fraction of sp³-hybridized carbons (Fsp3) is 1.00. The van der Waals surface area contributed by atoms with E-state index in [1.807, 2.05) is 0 Å². The molecule has 0 amide bonds. The van der Waals surface area contributed by atoms with Gasteiger partial charge in [0.1, 0.15) is 6.17 Å². The number of unbranched alkanes of at least 4 members (excludes halogenated alkanes) is 4. The maximum absolute atomic E-state index is 13.1. The van der Waals surface area contributed by atoms with E-state index in [4.69, 9.17) is 5.11 Å². The lowest BCUT2D eigenvalue weighted by Gasteiger charge is -2.06. The second-order valence-corrected chi connectivity index (χ2v) is 3.67. The fourth-order valence-corrected chi connectivity index (χ4v) is 1.41. The van der Waals surface area contributed by atoms with Crippen molar-refractivity contribution in [2.45, 2.75) is 64.5 Å². The molecular formula is C11H23FO. The summed E-state index contributed by atoms with van der Waals surface area (Å²) in [6, 6.07) is 0. The Bertz CT molecular complexity index is 96.1. The highest BCUT2D eigenvalue weighted by atomic mass is 19.1. The van der Waals surface area contributed by atoms with Crippen LogP contribution < -0.4 is 0 Å². The Balaban J connectivity index is 3.05. The number of rotatable bonds is 9. The van der Waals surface area contributed by atoms with E-state index in [1.165, 1.54) is 12.8 Å². The van der Waals surface area contributed by atoms with Crippen molar-refractivity contribution in [3.63, 3.8) is 0 Å². The molecule has 0 aliphatic rings. The summed E-state index contributed by atoms with van der Waals surface area (Å²) < 4.78 is 13.1. The van der Waals surface area contributed by atoms with Gasteiger partial charge in [-0.25, -0.2) is 4.39 Å². The van der Waals surface area contributed by atoms with E-state index in [0.717, 1.165) is 25.7 Å². The predicted octanol–water partition coefficient (Wildman–Crippen LogP) is 3.46. The van der Waals surface area contributed by atoms with Gasteiger partial charge in [0.2, 0.25) is 0 Å². The van der Waals surface area contributed by atoms with Crippen LogP contribution in [0.1, 0.15) is 58.3 Å². The van der Waals surface area contributed by atoms with Crippen LogP contribution >= 0.6 is 0 Å². The van der Waals surface area contributed by atoms with E-state index in [9.17, 15) is 4.39 Å². The number of alkyl halides is 1. The highest BCUT2D eigenvalue weighted by Gasteiger charge is 2.04. The smallest absolute Gasteiger partial charge is 0.100 e. The molecule has 0 spiro atoms. The van der Waals surface area contributed by atoms with E-state index in [-0.39, 0.29) is 6.61 Å². The molecule has 0 radical (unpaired) electrons. The Morgan fingerprint density at radius 2 is 1.62 bits per heavy atom. The van der Waals surface area contributed by atoms with Crippen molar-refractivity contribution >= 4 is 0 Å². The summed E-state index contributed by atoms with van der Waals surface area (Å²) >= 11 is 0. The van der Waals surface area contributed by atoms with Gasteiger partial charge in [0.15, 0.2) is 0 Å². The van der Waals surface area contributed by atoms with Gasteiger partial charge in [-0.2, -0.15) is 0 Å². The molecule has 0 bridgehead atoms.